The number of aromatic nitrogens is 2. The summed E-state index contributed by atoms with van der Waals surface area (Å²) in [7, 11) is 0. The van der Waals surface area contributed by atoms with Crippen LogP contribution in [0.25, 0.3) is 0 Å². The third-order valence-electron chi connectivity index (χ3n) is 8.62. The van der Waals surface area contributed by atoms with E-state index in [2.05, 4.69) is 10.3 Å². The molecule has 0 aliphatic heterocycles. The highest BCUT2D eigenvalue weighted by Gasteiger charge is 2.42. The predicted octanol–water partition coefficient (Wildman–Crippen LogP) is 3.93. The molecule has 6 atom stereocenters. The fourth-order valence-corrected chi connectivity index (χ4v) is 5.85. The summed E-state index contributed by atoms with van der Waals surface area (Å²) in [6, 6.07) is 1.99. The van der Waals surface area contributed by atoms with Crippen molar-refractivity contribution in [3.8, 4) is 5.75 Å². The summed E-state index contributed by atoms with van der Waals surface area (Å²) in [5.74, 6) is -4.53. The molecule has 1 aromatic heterocycles. The Labute approximate surface area is 316 Å². The summed E-state index contributed by atoms with van der Waals surface area (Å²) >= 11 is 0. The van der Waals surface area contributed by atoms with Crippen molar-refractivity contribution in [2.45, 2.75) is 109 Å². The van der Waals surface area contributed by atoms with Crippen molar-refractivity contribution < 1.29 is 61.6 Å². The lowest BCUT2D eigenvalue weighted by molar-refractivity contribution is -0.151. The number of carbonyl (C=O) groups is 5. The molecule has 0 bridgehead atoms. The number of rotatable bonds is 21. The number of carbonyl (C=O) groups excluding carboxylic acids is 4. The number of benzene rings is 1. The number of ketones is 1. The highest BCUT2D eigenvalue weighted by Crippen LogP contribution is 2.38. The van der Waals surface area contributed by atoms with Crippen LogP contribution in [0.3, 0.4) is 0 Å². The number of aliphatic carboxylic acids is 1. The largest absolute Gasteiger partial charge is 0.485 e. The molecule has 0 radical (unpaired) electrons. The van der Waals surface area contributed by atoms with Crippen molar-refractivity contribution in [2.24, 2.45) is 17.6 Å². The molecular weight excluding hydrogens is 729 g/mol. The molecule has 1 heterocycles. The number of amides is 1. The molecular formula is C38H49F3N4O10. The van der Waals surface area contributed by atoms with Gasteiger partial charge in [0.25, 0.3) is 0 Å². The number of carboxylic acid groups (broad SMARTS) is 1. The van der Waals surface area contributed by atoms with Crippen LogP contribution in [0, 0.1) is 11.8 Å². The van der Waals surface area contributed by atoms with Crippen LogP contribution in [0.1, 0.15) is 70.6 Å². The Bertz CT molecular complexity index is 1670. The lowest BCUT2D eigenvalue weighted by Gasteiger charge is -2.22. The lowest BCUT2D eigenvalue weighted by atomic mass is 9.89. The zero-order valence-corrected chi connectivity index (χ0v) is 30.9. The summed E-state index contributed by atoms with van der Waals surface area (Å²) in [6.45, 7) is 4.55. The fraction of sp³-hybridized carbons (Fsp3) is 0.526. The molecule has 1 aliphatic carbocycles. The van der Waals surface area contributed by atoms with Crippen molar-refractivity contribution in [3.05, 3.63) is 72.4 Å². The molecule has 1 aliphatic rings. The quantitative estimate of drug-likeness (QED) is 0.0615. The van der Waals surface area contributed by atoms with Crippen molar-refractivity contribution in [1.29, 1.82) is 0 Å². The van der Waals surface area contributed by atoms with E-state index < -0.39 is 78.1 Å². The van der Waals surface area contributed by atoms with Gasteiger partial charge in [0, 0.05) is 43.8 Å². The summed E-state index contributed by atoms with van der Waals surface area (Å²) in [6.07, 6.45) is 4.43. The molecule has 2 aromatic rings. The van der Waals surface area contributed by atoms with Gasteiger partial charge < -0.3 is 40.0 Å². The Morgan fingerprint density at radius 1 is 1.11 bits per heavy atom. The molecule has 0 spiro atoms. The molecule has 1 amide bonds. The molecule has 302 valence electrons. The van der Waals surface area contributed by atoms with E-state index in [4.69, 9.17) is 19.9 Å². The maximum absolute atomic E-state index is 13.1. The standard InChI is InChI=1S/C38H49F3N4O10/c1-23(2)54-34(48)12-7-5-4-6-11-30-29(14-13-27(46)21-53-28-10-8-9-25(17-28)38(39,40)41)32(47)19-33(30)55-35(49)15-16-45-20-26(43-22-45)18-31(37(51)52)44-36(50)24(3)42/h4,6,8-10,13-14,17,20,22-24,29-33,47H,5,7,11-12,15-16,18-19,21,42H2,1-3H3,(H,44,50)(H,51,52)/b6-4-,14-13+/t24?,29-,30-,31?,32-,33+/m1/s1. The number of nitrogens with one attached hydrogen (secondary N) is 1. The minimum Gasteiger partial charge on any atom is -0.485 e. The van der Waals surface area contributed by atoms with Gasteiger partial charge in [-0.2, -0.15) is 13.2 Å². The van der Waals surface area contributed by atoms with Crippen molar-refractivity contribution in [2.75, 3.05) is 6.61 Å². The first-order valence-electron chi connectivity index (χ1n) is 18.0. The van der Waals surface area contributed by atoms with Gasteiger partial charge in [-0.3, -0.25) is 19.2 Å². The van der Waals surface area contributed by atoms with E-state index in [1.807, 2.05) is 12.2 Å². The first-order chi connectivity index (χ1) is 25.9. The molecule has 1 fully saturated rings. The topological polar surface area (TPSA) is 209 Å². The van der Waals surface area contributed by atoms with E-state index in [-0.39, 0.29) is 50.1 Å². The fourth-order valence-electron chi connectivity index (χ4n) is 5.85. The number of ether oxygens (including phenoxy) is 3. The highest BCUT2D eigenvalue weighted by atomic mass is 19.4. The molecule has 1 saturated carbocycles. The minimum atomic E-state index is -4.58. The van der Waals surface area contributed by atoms with Gasteiger partial charge in [-0.1, -0.05) is 24.3 Å². The third-order valence-corrected chi connectivity index (χ3v) is 8.62. The normalized spacial score (nSPS) is 19.7. The number of esters is 2. The maximum Gasteiger partial charge on any atom is 0.416 e. The van der Waals surface area contributed by atoms with E-state index in [0.29, 0.717) is 25.0 Å². The third kappa shape index (κ3) is 15.3. The Hall–Kier alpha value is -5.03. The number of halogens is 3. The van der Waals surface area contributed by atoms with Gasteiger partial charge in [-0.15, -0.1) is 0 Å². The molecule has 3 rings (SSSR count). The smallest absolute Gasteiger partial charge is 0.416 e. The molecule has 1 aromatic carbocycles. The second-order valence-corrected chi connectivity index (χ2v) is 13.6. The maximum atomic E-state index is 13.1. The van der Waals surface area contributed by atoms with Crippen LogP contribution in [-0.2, 0) is 52.6 Å². The van der Waals surface area contributed by atoms with Crippen molar-refractivity contribution in [3.63, 3.8) is 0 Å². The van der Waals surface area contributed by atoms with Crippen LogP contribution in [0.15, 0.2) is 61.1 Å². The summed E-state index contributed by atoms with van der Waals surface area (Å²) < 4.78 is 57.0. The first-order valence-corrected chi connectivity index (χ1v) is 18.0. The Kier molecular flexibility index (Phi) is 17.1. The van der Waals surface area contributed by atoms with Gasteiger partial charge in [0.05, 0.1) is 42.3 Å². The van der Waals surface area contributed by atoms with Crippen LogP contribution < -0.4 is 15.8 Å². The van der Waals surface area contributed by atoms with Gasteiger partial charge in [0.15, 0.2) is 12.4 Å². The van der Waals surface area contributed by atoms with Crippen LogP contribution in [0.5, 0.6) is 5.75 Å². The van der Waals surface area contributed by atoms with Crippen LogP contribution in [0.4, 0.5) is 13.2 Å². The predicted molar refractivity (Wildman–Crippen MR) is 191 cm³/mol. The molecule has 17 heteroatoms. The van der Waals surface area contributed by atoms with Gasteiger partial charge in [0.2, 0.25) is 5.91 Å². The highest BCUT2D eigenvalue weighted by molar-refractivity contribution is 5.91. The molecule has 0 saturated heterocycles. The van der Waals surface area contributed by atoms with Gasteiger partial charge in [0.1, 0.15) is 17.9 Å². The lowest BCUT2D eigenvalue weighted by Crippen LogP contribution is -2.48. The Balaban J connectivity index is 1.63. The number of aliphatic hydroxyl groups excluding tert-OH is 1. The number of unbranched alkanes of at least 4 members (excludes halogenated alkanes) is 1. The van der Waals surface area contributed by atoms with Gasteiger partial charge in [-0.05, 0) is 64.3 Å². The second-order valence-electron chi connectivity index (χ2n) is 13.6. The number of allylic oxidation sites excluding steroid dienone is 2. The number of nitrogens with two attached hydrogens (primary N) is 1. The van der Waals surface area contributed by atoms with Crippen LogP contribution >= 0.6 is 0 Å². The molecule has 2 unspecified atom stereocenters. The van der Waals surface area contributed by atoms with Gasteiger partial charge >= 0.3 is 24.1 Å². The SMILES string of the molecule is CC(C)OC(=O)CCC/C=C\C[C@@H]1[C@@H](/C=C/C(=O)COc2cccc(C(F)(F)F)c2)[C@H](O)C[C@@H]1OC(=O)CCn1cnc(CC(NC(=O)C(C)N)C(=O)O)c1. The van der Waals surface area contributed by atoms with Crippen LogP contribution in [0.2, 0.25) is 0 Å². The van der Waals surface area contributed by atoms with Crippen molar-refractivity contribution in [1.82, 2.24) is 14.9 Å². The average molecular weight is 779 g/mol. The number of alkyl halides is 3. The van der Waals surface area contributed by atoms with Gasteiger partial charge in [-0.25, -0.2) is 9.78 Å². The first kappa shape index (κ1) is 44.4. The van der Waals surface area contributed by atoms with E-state index in [1.54, 1.807) is 24.6 Å². The number of hydrogen-bond acceptors (Lipinski definition) is 11. The number of hydrogen-bond donors (Lipinski definition) is 4. The monoisotopic (exact) mass is 778 g/mol. The zero-order chi connectivity index (χ0) is 40.7. The van der Waals surface area contributed by atoms with Crippen LogP contribution in [-0.4, -0.2) is 86.4 Å². The molecule has 55 heavy (non-hydrogen) atoms. The molecule has 14 nitrogen and oxygen atoms in total. The number of carboxylic acids is 1. The Morgan fingerprint density at radius 2 is 1.85 bits per heavy atom. The summed E-state index contributed by atoms with van der Waals surface area (Å²) in [5, 5.41) is 22.8. The number of aliphatic hydroxyl groups is 1. The van der Waals surface area contributed by atoms with E-state index in [1.165, 1.54) is 37.5 Å². The second kappa shape index (κ2) is 21.2. The average Bonchev–Trinajstić information content (AvgIpc) is 3.68. The van der Waals surface area contributed by atoms with E-state index in [9.17, 15) is 47.4 Å². The molecule has 5 N–H and O–H groups in total. The van der Waals surface area contributed by atoms with E-state index >= 15 is 0 Å². The Morgan fingerprint density at radius 3 is 2.53 bits per heavy atom. The summed E-state index contributed by atoms with van der Waals surface area (Å²) in [5.41, 5.74) is 4.96. The van der Waals surface area contributed by atoms with E-state index in [0.717, 1.165) is 12.1 Å². The number of imidazole rings is 1. The number of aryl methyl sites for hydroxylation is 1. The van der Waals surface area contributed by atoms with Crippen molar-refractivity contribution >= 4 is 29.6 Å². The zero-order valence-electron chi connectivity index (χ0n) is 30.9. The number of nitrogens with zero attached hydrogens (tertiary/aromatic N) is 2. The summed E-state index contributed by atoms with van der Waals surface area (Å²) in [4.78, 5) is 65.2. The minimum absolute atomic E-state index is 0.0775.